The second-order valence-electron chi connectivity index (χ2n) is 5.40. The number of aryl methyl sites for hydroxylation is 2. The van der Waals surface area contributed by atoms with Crippen LogP contribution in [0.25, 0.3) is 0 Å². The molecule has 3 nitrogen and oxygen atoms in total. The van der Waals surface area contributed by atoms with Crippen LogP contribution in [0.4, 0.5) is 5.69 Å². The molecule has 0 fully saturated rings. The summed E-state index contributed by atoms with van der Waals surface area (Å²) in [6, 6.07) is 5.10. The van der Waals surface area contributed by atoms with Gasteiger partial charge >= 0.3 is 0 Å². The number of hydrogen-bond donors (Lipinski definition) is 1. The summed E-state index contributed by atoms with van der Waals surface area (Å²) >= 11 is 1.85. The third-order valence-corrected chi connectivity index (χ3v) is 4.55. The molecule has 1 unspecified atom stereocenters. The van der Waals surface area contributed by atoms with Crippen LogP contribution in [0.15, 0.2) is 12.1 Å². The Morgan fingerprint density at radius 2 is 1.84 bits per heavy atom. The van der Waals surface area contributed by atoms with Crippen molar-refractivity contribution in [3.05, 3.63) is 33.3 Å². The van der Waals surface area contributed by atoms with Crippen LogP contribution in [0.5, 0.6) is 0 Å². The minimum absolute atomic E-state index is 0.320. The van der Waals surface area contributed by atoms with Crippen molar-refractivity contribution in [2.24, 2.45) is 0 Å². The van der Waals surface area contributed by atoms with E-state index in [1.54, 1.807) is 0 Å². The predicted molar refractivity (Wildman–Crippen MR) is 83.2 cm³/mol. The van der Waals surface area contributed by atoms with Crippen molar-refractivity contribution in [2.45, 2.75) is 53.6 Å². The summed E-state index contributed by atoms with van der Waals surface area (Å²) in [4.78, 5) is 2.73. The monoisotopic (exact) mass is 277 g/mol. The van der Waals surface area contributed by atoms with Crippen LogP contribution >= 0.6 is 11.3 Å². The van der Waals surface area contributed by atoms with Crippen LogP contribution in [-0.2, 0) is 0 Å². The van der Waals surface area contributed by atoms with Gasteiger partial charge in [-0.1, -0.05) is 0 Å². The number of nitrogens with zero attached hydrogens (tertiary/aromatic N) is 2. The second kappa shape index (κ2) is 5.37. The summed E-state index contributed by atoms with van der Waals surface area (Å²) in [5, 5.41) is 8.23. The normalized spacial score (nSPS) is 13.0. The van der Waals surface area contributed by atoms with Gasteiger partial charge in [0.1, 0.15) is 0 Å². The van der Waals surface area contributed by atoms with Gasteiger partial charge in [0.05, 0.1) is 23.1 Å². The van der Waals surface area contributed by atoms with Crippen molar-refractivity contribution in [2.75, 3.05) is 5.32 Å². The molecule has 0 bridgehead atoms. The summed E-state index contributed by atoms with van der Waals surface area (Å²) < 4.78 is 2.09. The topological polar surface area (TPSA) is 29.9 Å². The van der Waals surface area contributed by atoms with Gasteiger partial charge in [-0.05, 0) is 53.7 Å². The summed E-state index contributed by atoms with van der Waals surface area (Å²) in [6.07, 6.45) is 0. The van der Waals surface area contributed by atoms with Crippen molar-refractivity contribution in [3.8, 4) is 0 Å². The minimum Gasteiger partial charge on any atom is -0.375 e. The highest BCUT2D eigenvalue weighted by molar-refractivity contribution is 7.12. The first-order valence-electron chi connectivity index (χ1n) is 6.78. The van der Waals surface area contributed by atoms with Gasteiger partial charge in [0, 0.05) is 15.8 Å². The van der Waals surface area contributed by atoms with E-state index in [-0.39, 0.29) is 0 Å². The van der Waals surface area contributed by atoms with Crippen molar-refractivity contribution in [1.82, 2.24) is 9.78 Å². The molecule has 0 saturated carbocycles. The molecule has 104 valence electrons. The van der Waals surface area contributed by atoms with E-state index >= 15 is 0 Å². The lowest BCUT2D eigenvalue weighted by Crippen LogP contribution is -2.08. The van der Waals surface area contributed by atoms with E-state index in [0.29, 0.717) is 12.1 Å². The fourth-order valence-electron chi connectivity index (χ4n) is 2.35. The highest BCUT2D eigenvalue weighted by Gasteiger charge is 2.16. The third-order valence-electron chi connectivity index (χ3n) is 3.36. The maximum absolute atomic E-state index is 4.62. The van der Waals surface area contributed by atoms with Gasteiger partial charge in [-0.2, -0.15) is 5.10 Å². The number of aromatic nitrogens is 2. The van der Waals surface area contributed by atoms with Crippen molar-refractivity contribution < 1.29 is 0 Å². The van der Waals surface area contributed by atoms with Gasteiger partial charge in [0.2, 0.25) is 0 Å². The highest BCUT2D eigenvalue weighted by Crippen LogP contribution is 2.29. The summed E-state index contributed by atoms with van der Waals surface area (Å²) in [5.41, 5.74) is 3.46. The standard InChI is InChI=1S/C15H23N3S/c1-9(2)18-13(6)15(12(5)17-18)16-11(4)14-8-7-10(3)19-14/h7-9,11,16H,1-6H3. The minimum atomic E-state index is 0.320. The van der Waals surface area contributed by atoms with Gasteiger partial charge in [0.25, 0.3) is 0 Å². The molecular weight excluding hydrogens is 254 g/mol. The Morgan fingerprint density at radius 3 is 2.32 bits per heavy atom. The first-order chi connectivity index (χ1) is 8.90. The van der Waals surface area contributed by atoms with Crippen LogP contribution in [0, 0.1) is 20.8 Å². The molecule has 19 heavy (non-hydrogen) atoms. The van der Waals surface area contributed by atoms with E-state index in [1.807, 2.05) is 11.3 Å². The SMILES string of the molecule is Cc1ccc(C(C)Nc2c(C)nn(C(C)C)c2C)s1. The highest BCUT2D eigenvalue weighted by atomic mass is 32.1. The molecule has 4 heteroatoms. The molecule has 0 radical (unpaired) electrons. The molecule has 0 aromatic carbocycles. The fraction of sp³-hybridized carbons (Fsp3) is 0.533. The molecule has 0 saturated heterocycles. The lowest BCUT2D eigenvalue weighted by molar-refractivity contribution is 0.516. The molecule has 0 aliphatic heterocycles. The zero-order valence-corrected chi connectivity index (χ0v) is 13.4. The zero-order valence-electron chi connectivity index (χ0n) is 12.6. The average molecular weight is 277 g/mol. The van der Waals surface area contributed by atoms with Crippen LogP contribution in [-0.4, -0.2) is 9.78 Å². The van der Waals surface area contributed by atoms with Crippen LogP contribution in [0.1, 0.15) is 54.0 Å². The van der Waals surface area contributed by atoms with E-state index in [2.05, 4.69) is 68.8 Å². The molecule has 0 spiro atoms. The third kappa shape index (κ3) is 2.84. The van der Waals surface area contributed by atoms with E-state index < -0.39 is 0 Å². The molecule has 2 aromatic rings. The fourth-order valence-corrected chi connectivity index (χ4v) is 3.23. The van der Waals surface area contributed by atoms with E-state index in [1.165, 1.54) is 21.1 Å². The second-order valence-corrected chi connectivity index (χ2v) is 6.72. The van der Waals surface area contributed by atoms with Gasteiger partial charge in [-0.25, -0.2) is 0 Å². The van der Waals surface area contributed by atoms with Crippen molar-refractivity contribution >= 4 is 17.0 Å². The molecule has 2 heterocycles. The summed E-state index contributed by atoms with van der Waals surface area (Å²) in [6.45, 7) is 12.9. The largest absolute Gasteiger partial charge is 0.375 e. The van der Waals surface area contributed by atoms with Gasteiger partial charge in [-0.3, -0.25) is 4.68 Å². The van der Waals surface area contributed by atoms with Gasteiger partial charge in [0.15, 0.2) is 0 Å². The number of nitrogens with one attached hydrogen (secondary N) is 1. The molecule has 0 aliphatic carbocycles. The predicted octanol–water partition coefficient (Wildman–Crippen LogP) is 4.62. The van der Waals surface area contributed by atoms with E-state index in [4.69, 9.17) is 0 Å². The van der Waals surface area contributed by atoms with Crippen LogP contribution in [0.2, 0.25) is 0 Å². The molecule has 1 N–H and O–H groups in total. The number of thiophene rings is 1. The van der Waals surface area contributed by atoms with Crippen molar-refractivity contribution in [1.29, 1.82) is 0 Å². The Hall–Kier alpha value is -1.29. The van der Waals surface area contributed by atoms with Gasteiger partial charge in [-0.15, -0.1) is 11.3 Å². The van der Waals surface area contributed by atoms with Crippen LogP contribution < -0.4 is 5.32 Å². The first-order valence-corrected chi connectivity index (χ1v) is 7.60. The lowest BCUT2D eigenvalue weighted by Gasteiger charge is -2.15. The Morgan fingerprint density at radius 1 is 1.16 bits per heavy atom. The maximum Gasteiger partial charge on any atom is 0.0828 e. The zero-order chi connectivity index (χ0) is 14.2. The lowest BCUT2D eigenvalue weighted by atomic mass is 10.2. The smallest absolute Gasteiger partial charge is 0.0828 e. The molecule has 2 rings (SSSR count). The quantitative estimate of drug-likeness (QED) is 0.883. The summed E-state index contributed by atoms with van der Waals surface area (Å²) in [5.74, 6) is 0. The van der Waals surface area contributed by atoms with Crippen LogP contribution in [0.3, 0.4) is 0 Å². The molecular formula is C15H23N3S. The van der Waals surface area contributed by atoms with E-state index in [9.17, 15) is 0 Å². The Bertz CT molecular complexity index is 566. The van der Waals surface area contributed by atoms with E-state index in [0.717, 1.165) is 5.69 Å². The maximum atomic E-state index is 4.62. The first kappa shape index (κ1) is 14.1. The molecule has 0 amide bonds. The Balaban J connectivity index is 2.24. The Labute approximate surface area is 119 Å². The molecule has 2 aromatic heterocycles. The number of rotatable bonds is 4. The number of anilines is 1. The Kier molecular flexibility index (Phi) is 3.99. The number of hydrogen-bond acceptors (Lipinski definition) is 3. The van der Waals surface area contributed by atoms with Crippen molar-refractivity contribution in [3.63, 3.8) is 0 Å². The van der Waals surface area contributed by atoms with Gasteiger partial charge < -0.3 is 5.32 Å². The average Bonchev–Trinajstić information content (AvgIpc) is 2.87. The molecule has 1 atom stereocenters. The summed E-state index contributed by atoms with van der Waals surface area (Å²) in [7, 11) is 0. The molecule has 0 aliphatic rings.